The van der Waals surface area contributed by atoms with E-state index in [2.05, 4.69) is 13.8 Å². The first-order chi connectivity index (χ1) is 10.4. The fraction of sp³-hybridized carbons (Fsp3) is 0.412. The fourth-order valence-electron chi connectivity index (χ4n) is 2.20. The first kappa shape index (κ1) is 16.1. The summed E-state index contributed by atoms with van der Waals surface area (Å²) < 4.78 is 11.1. The molecule has 118 valence electrons. The van der Waals surface area contributed by atoms with E-state index in [0.29, 0.717) is 35.7 Å². The summed E-state index contributed by atoms with van der Waals surface area (Å²) in [5.74, 6) is -0.673. The third-order valence-corrected chi connectivity index (χ3v) is 3.47. The number of hydrogen-bond acceptors (Lipinski definition) is 4. The SMILES string of the molecule is CCc1ccc(OCCC(C)C)c2c(=O)cc(C(=O)O)oc12. The minimum Gasteiger partial charge on any atom is -0.493 e. The number of rotatable bonds is 6. The minimum atomic E-state index is -1.26. The van der Waals surface area contributed by atoms with Crippen LogP contribution in [0.1, 0.15) is 43.3 Å². The zero-order chi connectivity index (χ0) is 16.3. The van der Waals surface area contributed by atoms with Crippen molar-refractivity contribution in [2.24, 2.45) is 5.92 Å². The van der Waals surface area contributed by atoms with Gasteiger partial charge in [0.2, 0.25) is 5.76 Å². The molecule has 0 bridgehead atoms. The summed E-state index contributed by atoms with van der Waals surface area (Å²) in [5.41, 5.74) is 0.689. The van der Waals surface area contributed by atoms with Gasteiger partial charge in [-0.2, -0.15) is 0 Å². The Morgan fingerprint density at radius 3 is 2.68 bits per heavy atom. The number of benzene rings is 1. The summed E-state index contributed by atoms with van der Waals surface area (Å²) in [6.45, 7) is 6.60. The van der Waals surface area contributed by atoms with Crippen molar-refractivity contribution in [3.05, 3.63) is 39.7 Å². The summed E-state index contributed by atoms with van der Waals surface area (Å²) in [6, 6.07) is 4.56. The Kier molecular flexibility index (Phi) is 4.85. The van der Waals surface area contributed by atoms with Crippen molar-refractivity contribution in [2.45, 2.75) is 33.6 Å². The van der Waals surface area contributed by atoms with E-state index in [1.54, 1.807) is 6.07 Å². The van der Waals surface area contributed by atoms with Crippen molar-refractivity contribution in [1.82, 2.24) is 0 Å². The standard InChI is InChI=1S/C17H20O5/c1-4-11-5-6-13(21-8-7-10(2)3)15-12(18)9-14(17(19)20)22-16(11)15/h5-6,9-10H,4,7-8H2,1-3H3,(H,19,20). The van der Waals surface area contributed by atoms with Crippen molar-refractivity contribution in [1.29, 1.82) is 0 Å². The highest BCUT2D eigenvalue weighted by Crippen LogP contribution is 2.27. The number of carbonyl (C=O) groups is 1. The average molecular weight is 304 g/mol. The maximum Gasteiger partial charge on any atom is 0.371 e. The zero-order valence-electron chi connectivity index (χ0n) is 13.0. The molecule has 0 fully saturated rings. The summed E-state index contributed by atoms with van der Waals surface area (Å²) in [4.78, 5) is 23.4. The number of carboxylic acid groups (broad SMARTS) is 1. The molecule has 1 heterocycles. The van der Waals surface area contributed by atoms with Crippen LogP contribution in [0.3, 0.4) is 0 Å². The molecule has 0 spiro atoms. The Balaban J connectivity index is 2.55. The molecule has 0 unspecified atom stereocenters. The van der Waals surface area contributed by atoms with Gasteiger partial charge in [0.25, 0.3) is 0 Å². The molecule has 5 heteroatoms. The molecular weight excluding hydrogens is 284 g/mol. The van der Waals surface area contributed by atoms with Gasteiger partial charge >= 0.3 is 5.97 Å². The number of fused-ring (bicyclic) bond motifs is 1. The molecule has 1 aromatic carbocycles. The Bertz CT molecular complexity index is 743. The molecule has 0 amide bonds. The fourth-order valence-corrected chi connectivity index (χ4v) is 2.20. The Morgan fingerprint density at radius 1 is 1.36 bits per heavy atom. The Labute approximate surface area is 128 Å². The first-order valence-corrected chi connectivity index (χ1v) is 7.39. The molecule has 22 heavy (non-hydrogen) atoms. The summed E-state index contributed by atoms with van der Waals surface area (Å²) in [5, 5.41) is 9.35. The first-order valence-electron chi connectivity index (χ1n) is 7.39. The Morgan fingerprint density at radius 2 is 2.09 bits per heavy atom. The van der Waals surface area contributed by atoms with Crippen LogP contribution < -0.4 is 10.2 Å². The molecule has 0 aliphatic heterocycles. The lowest BCUT2D eigenvalue weighted by molar-refractivity contribution is 0.0663. The predicted molar refractivity (Wildman–Crippen MR) is 83.8 cm³/mol. The average Bonchev–Trinajstić information content (AvgIpc) is 2.46. The molecule has 2 aromatic rings. The molecule has 0 aliphatic carbocycles. The van der Waals surface area contributed by atoms with Gasteiger partial charge in [0, 0.05) is 6.07 Å². The van der Waals surface area contributed by atoms with Crippen molar-refractivity contribution in [3.63, 3.8) is 0 Å². The van der Waals surface area contributed by atoms with E-state index < -0.39 is 11.4 Å². The quantitative estimate of drug-likeness (QED) is 0.884. The molecule has 0 saturated heterocycles. The second kappa shape index (κ2) is 6.64. The van der Waals surface area contributed by atoms with Crippen LogP contribution in [0.5, 0.6) is 5.75 Å². The van der Waals surface area contributed by atoms with Crippen LogP contribution in [0.25, 0.3) is 11.0 Å². The smallest absolute Gasteiger partial charge is 0.371 e. The lowest BCUT2D eigenvalue weighted by atomic mass is 10.1. The molecular formula is C17H20O5. The number of hydrogen-bond donors (Lipinski definition) is 1. The second-order valence-corrected chi connectivity index (χ2v) is 5.59. The zero-order valence-corrected chi connectivity index (χ0v) is 13.0. The third-order valence-electron chi connectivity index (χ3n) is 3.47. The highest BCUT2D eigenvalue weighted by atomic mass is 16.5. The molecule has 2 rings (SSSR count). The van der Waals surface area contributed by atoms with E-state index >= 15 is 0 Å². The van der Waals surface area contributed by atoms with Crippen LogP contribution in [0.4, 0.5) is 0 Å². The van der Waals surface area contributed by atoms with Gasteiger partial charge < -0.3 is 14.3 Å². The van der Waals surface area contributed by atoms with E-state index in [-0.39, 0.29) is 5.76 Å². The van der Waals surface area contributed by atoms with Crippen LogP contribution >= 0.6 is 0 Å². The molecule has 0 saturated carbocycles. The van der Waals surface area contributed by atoms with E-state index in [0.717, 1.165) is 18.1 Å². The summed E-state index contributed by atoms with van der Waals surface area (Å²) in [6.07, 6.45) is 1.50. The lowest BCUT2D eigenvalue weighted by Gasteiger charge is -2.12. The minimum absolute atomic E-state index is 0.300. The van der Waals surface area contributed by atoms with Gasteiger partial charge in [-0.05, 0) is 30.4 Å². The van der Waals surface area contributed by atoms with Crippen LogP contribution in [0.15, 0.2) is 27.4 Å². The van der Waals surface area contributed by atoms with E-state index in [1.165, 1.54) is 0 Å². The molecule has 0 radical (unpaired) electrons. The van der Waals surface area contributed by atoms with Crippen LogP contribution in [-0.2, 0) is 6.42 Å². The van der Waals surface area contributed by atoms with E-state index in [4.69, 9.17) is 14.3 Å². The number of aromatic carboxylic acids is 1. The monoisotopic (exact) mass is 304 g/mol. The molecule has 1 N–H and O–H groups in total. The normalized spacial score (nSPS) is 11.1. The Hall–Kier alpha value is -2.30. The van der Waals surface area contributed by atoms with Gasteiger partial charge in [0.1, 0.15) is 16.7 Å². The van der Waals surface area contributed by atoms with Crippen LogP contribution in [-0.4, -0.2) is 17.7 Å². The van der Waals surface area contributed by atoms with Crippen LogP contribution in [0.2, 0.25) is 0 Å². The summed E-state index contributed by atoms with van der Waals surface area (Å²) >= 11 is 0. The van der Waals surface area contributed by atoms with Crippen molar-refractivity contribution in [2.75, 3.05) is 6.61 Å². The van der Waals surface area contributed by atoms with E-state index in [1.807, 2.05) is 13.0 Å². The molecule has 0 atom stereocenters. The molecule has 1 aromatic heterocycles. The topological polar surface area (TPSA) is 76.7 Å². The van der Waals surface area contributed by atoms with E-state index in [9.17, 15) is 9.59 Å². The lowest BCUT2D eigenvalue weighted by Crippen LogP contribution is -2.10. The highest BCUT2D eigenvalue weighted by Gasteiger charge is 2.16. The van der Waals surface area contributed by atoms with Gasteiger partial charge in [-0.25, -0.2) is 4.79 Å². The van der Waals surface area contributed by atoms with Gasteiger partial charge in [0.15, 0.2) is 5.43 Å². The van der Waals surface area contributed by atoms with Crippen LogP contribution in [0, 0.1) is 5.92 Å². The van der Waals surface area contributed by atoms with Gasteiger partial charge in [-0.15, -0.1) is 0 Å². The maximum absolute atomic E-state index is 12.3. The van der Waals surface area contributed by atoms with Crippen molar-refractivity contribution >= 4 is 16.9 Å². The maximum atomic E-state index is 12.3. The van der Waals surface area contributed by atoms with Crippen molar-refractivity contribution < 1.29 is 19.1 Å². The van der Waals surface area contributed by atoms with Gasteiger partial charge in [0.05, 0.1) is 6.61 Å². The van der Waals surface area contributed by atoms with Gasteiger partial charge in [-0.3, -0.25) is 4.79 Å². The highest BCUT2D eigenvalue weighted by molar-refractivity contribution is 5.91. The number of aryl methyl sites for hydroxylation is 1. The number of carboxylic acids is 1. The largest absolute Gasteiger partial charge is 0.493 e. The van der Waals surface area contributed by atoms with Gasteiger partial charge in [-0.1, -0.05) is 26.8 Å². The second-order valence-electron chi connectivity index (χ2n) is 5.59. The predicted octanol–water partition coefficient (Wildman–Crippen LogP) is 3.48. The van der Waals surface area contributed by atoms with Crippen molar-refractivity contribution in [3.8, 4) is 5.75 Å². The third kappa shape index (κ3) is 3.30. The molecule has 5 nitrogen and oxygen atoms in total. The summed E-state index contributed by atoms with van der Waals surface area (Å²) in [7, 11) is 0. The molecule has 0 aliphatic rings. The number of ether oxygens (including phenoxy) is 1.